The molecule has 0 fully saturated rings. The second kappa shape index (κ2) is 5.80. The zero-order valence-corrected chi connectivity index (χ0v) is 11.9. The third-order valence-electron chi connectivity index (χ3n) is 2.86. The molecule has 0 spiro atoms. The monoisotopic (exact) mass is 301 g/mol. The van der Waals surface area contributed by atoms with Crippen LogP contribution in [0, 0.1) is 0 Å². The molecule has 0 amide bonds. The van der Waals surface area contributed by atoms with Gasteiger partial charge >= 0.3 is 5.97 Å². The van der Waals surface area contributed by atoms with Gasteiger partial charge in [-0.15, -0.1) is 16.4 Å². The molecule has 106 valence electrons. The summed E-state index contributed by atoms with van der Waals surface area (Å²) in [4.78, 5) is 20.1. The minimum Gasteiger partial charge on any atom is -0.464 e. The van der Waals surface area contributed by atoms with Gasteiger partial charge in [-0.1, -0.05) is 5.21 Å². The molecular formula is C13H11N5O2S. The molecule has 7 nitrogen and oxygen atoms in total. The fourth-order valence-corrected chi connectivity index (χ4v) is 2.47. The molecule has 8 heteroatoms. The van der Waals surface area contributed by atoms with Crippen molar-refractivity contribution < 1.29 is 9.53 Å². The summed E-state index contributed by atoms with van der Waals surface area (Å²) in [5.41, 5.74) is 4.18. The van der Waals surface area contributed by atoms with Crippen molar-refractivity contribution in [1.29, 1.82) is 0 Å². The van der Waals surface area contributed by atoms with Crippen LogP contribution in [0.15, 0.2) is 35.4 Å². The smallest absolute Gasteiger partial charge is 0.360 e. The fraction of sp³-hybridized carbons (Fsp3) is 0.154. The van der Waals surface area contributed by atoms with E-state index >= 15 is 0 Å². The molecule has 3 aromatic heterocycles. The van der Waals surface area contributed by atoms with Crippen molar-refractivity contribution in [1.82, 2.24) is 25.0 Å². The van der Waals surface area contributed by atoms with E-state index in [4.69, 9.17) is 4.74 Å². The number of rotatable bonds is 4. The third-order valence-corrected chi connectivity index (χ3v) is 3.50. The molecule has 0 atom stereocenters. The highest BCUT2D eigenvalue weighted by Gasteiger charge is 2.22. The van der Waals surface area contributed by atoms with Gasteiger partial charge in [0.2, 0.25) is 0 Å². The average Bonchev–Trinajstić information content (AvgIpc) is 3.17. The molecule has 0 radical (unpaired) electrons. The first-order valence-corrected chi connectivity index (χ1v) is 7.03. The molecule has 3 heterocycles. The zero-order valence-electron chi connectivity index (χ0n) is 11.1. The topological polar surface area (TPSA) is 82.8 Å². The van der Waals surface area contributed by atoms with E-state index in [0.29, 0.717) is 12.2 Å². The van der Waals surface area contributed by atoms with Crippen molar-refractivity contribution in [3.63, 3.8) is 0 Å². The lowest BCUT2D eigenvalue weighted by molar-refractivity contribution is 0.0595. The van der Waals surface area contributed by atoms with Gasteiger partial charge in [-0.3, -0.25) is 4.98 Å². The lowest BCUT2D eigenvalue weighted by Gasteiger charge is -2.06. The van der Waals surface area contributed by atoms with Crippen LogP contribution in [-0.4, -0.2) is 38.0 Å². The highest BCUT2D eigenvalue weighted by molar-refractivity contribution is 7.07. The van der Waals surface area contributed by atoms with Crippen molar-refractivity contribution in [2.45, 2.75) is 6.54 Å². The number of nitrogens with zero attached hydrogens (tertiary/aromatic N) is 5. The number of carbonyl (C=O) groups excluding carboxylic acids is 1. The number of aromatic nitrogens is 5. The fourth-order valence-electron chi connectivity index (χ4n) is 1.92. The van der Waals surface area contributed by atoms with Crippen molar-refractivity contribution in [3.8, 4) is 11.3 Å². The molecule has 0 unspecified atom stereocenters. The number of methoxy groups -OCH3 is 1. The molecule has 3 rings (SSSR count). The lowest BCUT2D eigenvalue weighted by atomic mass is 10.1. The van der Waals surface area contributed by atoms with E-state index in [1.54, 1.807) is 34.7 Å². The molecule has 0 N–H and O–H groups in total. The van der Waals surface area contributed by atoms with E-state index < -0.39 is 5.97 Å². The van der Waals surface area contributed by atoms with Gasteiger partial charge in [0.05, 0.1) is 24.9 Å². The van der Waals surface area contributed by atoms with Gasteiger partial charge in [-0.05, 0) is 12.1 Å². The average molecular weight is 301 g/mol. The number of esters is 1. The molecule has 0 aliphatic rings. The normalized spacial score (nSPS) is 10.5. The minimum absolute atomic E-state index is 0.180. The molecule has 21 heavy (non-hydrogen) atoms. The summed E-state index contributed by atoms with van der Waals surface area (Å²) in [5, 5.41) is 9.91. The van der Waals surface area contributed by atoms with Crippen LogP contribution >= 0.6 is 11.3 Å². The zero-order chi connectivity index (χ0) is 14.7. The van der Waals surface area contributed by atoms with E-state index in [0.717, 1.165) is 11.3 Å². The van der Waals surface area contributed by atoms with Crippen LogP contribution in [0.4, 0.5) is 0 Å². The van der Waals surface area contributed by atoms with Gasteiger partial charge < -0.3 is 4.74 Å². The van der Waals surface area contributed by atoms with Crippen molar-refractivity contribution in [2.75, 3.05) is 7.11 Å². The van der Waals surface area contributed by atoms with E-state index in [2.05, 4.69) is 20.3 Å². The Kier molecular flexibility index (Phi) is 3.69. The van der Waals surface area contributed by atoms with Crippen LogP contribution in [0.3, 0.4) is 0 Å². The molecular weight excluding hydrogens is 290 g/mol. The van der Waals surface area contributed by atoms with Crippen LogP contribution in [0.2, 0.25) is 0 Å². The SMILES string of the molecule is COC(=O)c1nnn(Cc2cscn2)c1-c1ccncc1. The summed E-state index contributed by atoms with van der Waals surface area (Å²) >= 11 is 1.50. The Morgan fingerprint density at radius 3 is 2.86 bits per heavy atom. The maximum atomic E-state index is 11.9. The molecule has 0 aliphatic carbocycles. The van der Waals surface area contributed by atoms with E-state index in [1.807, 2.05) is 5.38 Å². The summed E-state index contributed by atoms with van der Waals surface area (Å²) in [6, 6.07) is 3.59. The Balaban J connectivity index is 2.08. The number of hydrogen-bond acceptors (Lipinski definition) is 7. The van der Waals surface area contributed by atoms with Gasteiger partial charge in [0.25, 0.3) is 0 Å². The quantitative estimate of drug-likeness (QED) is 0.681. The Morgan fingerprint density at radius 1 is 1.38 bits per heavy atom. The number of hydrogen-bond donors (Lipinski definition) is 0. The van der Waals surface area contributed by atoms with Crippen molar-refractivity contribution in [3.05, 3.63) is 46.8 Å². The van der Waals surface area contributed by atoms with E-state index in [1.165, 1.54) is 18.4 Å². The standard InChI is InChI=1S/C13H11N5O2S/c1-20-13(19)11-12(9-2-4-14-5-3-9)18(17-16-11)6-10-7-21-8-15-10/h2-5,7-8H,6H2,1H3. The van der Waals surface area contributed by atoms with Crippen molar-refractivity contribution in [2.24, 2.45) is 0 Å². The number of pyridine rings is 1. The second-order valence-corrected chi connectivity index (χ2v) is 4.87. The Bertz CT molecular complexity index is 739. The van der Waals surface area contributed by atoms with E-state index in [-0.39, 0.29) is 5.69 Å². The number of ether oxygens (including phenoxy) is 1. The van der Waals surface area contributed by atoms with Gasteiger partial charge in [-0.2, -0.15) is 0 Å². The molecule has 0 bridgehead atoms. The van der Waals surface area contributed by atoms with Gasteiger partial charge in [-0.25, -0.2) is 14.5 Å². The van der Waals surface area contributed by atoms with Gasteiger partial charge in [0.15, 0.2) is 5.69 Å². The van der Waals surface area contributed by atoms with Crippen LogP contribution in [0.5, 0.6) is 0 Å². The molecule has 0 saturated carbocycles. The highest BCUT2D eigenvalue weighted by atomic mass is 32.1. The first kappa shape index (κ1) is 13.4. The second-order valence-electron chi connectivity index (χ2n) is 4.15. The third kappa shape index (κ3) is 2.65. The number of thiazole rings is 1. The summed E-state index contributed by atoms with van der Waals surface area (Å²) in [5.74, 6) is -0.522. The van der Waals surface area contributed by atoms with Gasteiger partial charge in [0.1, 0.15) is 5.69 Å². The van der Waals surface area contributed by atoms with Crippen LogP contribution in [0.1, 0.15) is 16.2 Å². The summed E-state index contributed by atoms with van der Waals surface area (Å²) < 4.78 is 6.40. The Hall–Kier alpha value is -2.61. The largest absolute Gasteiger partial charge is 0.464 e. The van der Waals surface area contributed by atoms with Crippen molar-refractivity contribution >= 4 is 17.3 Å². The van der Waals surface area contributed by atoms with E-state index in [9.17, 15) is 4.79 Å². The first-order valence-electron chi connectivity index (χ1n) is 6.09. The summed E-state index contributed by atoms with van der Waals surface area (Å²) in [6.45, 7) is 0.436. The van der Waals surface area contributed by atoms with Gasteiger partial charge in [0, 0.05) is 23.3 Å². The predicted molar refractivity (Wildman–Crippen MR) is 75.8 cm³/mol. The summed E-state index contributed by atoms with van der Waals surface area (Å²) in [6.07, 6.45) is 3.30. The first-order chi connectivity index (χ1) is 10.3. The Labute approximate surface area is 124 Å². The predicted octanol–water partition coefficient (Wildman–Crippen LogP) is 1.63. The van der Waals surface area contributed by atoms with Crippen LogP contribution < -0.4 is 0 Å². The molecule has 0 aromatic carbocycles. The maximum Gasteiger partial charge on any atom is 0.360 e. The Morgan fingerprint density at radius 2 is 2.19 bits per heavy atom. The molecule has 0 aliphatic heterocycles. The van der Waals surface area contributed by atoms with Crippen LogP contribution in [0.25, 0.3) is 11.3 Å². The lowest BCUT2D eigenvalue weighted by Crippen LogP contribution is -2.07. The highest BCUT2D eigenvalue weighted by Crippen LogP contribution is 2.23. The minimum atomic E-state index is -0.522. The number of carbonyl (C=O) groups is 1. The maximum absolute atomic E-state index is 11.9. The van der Waals surface area contributed by atoms with Crippen LogP contribution in [-0.2, 0) is 11.3 Å². The summed E-state index contributed by atoms with van der Waals surface area (Å²) in [7, 11) is 1.32. The molecule has 3 aromatic rings. The molecule has 0 saturated heterocycles.